The average molecular weight is 332 g/mol. The van der Waals surface area contributed by atoms with Crippen molar-refractivity contribution in [2.45, 2.75) is 45.3 Å². The van der Waals surface area contributed by atoms with E-state index in [9.17, 15) is 9.50 Å². The molecule has 0 spiro atoms. The molecule has 2 heterocycles. The molecule has 2 aromatic rings. The lowest BCUT2D eigenvalue weighted by Crippen LogP contribution is -2.47. The van der Waals surface area contributed by atoms with Gasteiger partial charge in [-0.1, -0.05) is 19.9 Å². The lowest BCUT2D eigenvalue weighted by atomic mass is 9.75. The molecular weight excluding hydrogens is 310 g/mol. The molecule has 1 saturated carbocycles. The van der Waals surface area contributed by atoms with E-state index >= 15 is 0 Å². The second-order valence-corrected chi connectivity index (χ2v) is 8.21. The Hall–Kier alpha value is -1.44. The van der Waals surface area contributed by atoms with Gasteiger partial charge >= 0.3 is 7.12 Å². The molecule has 24 heavy (non-hydrogen) atoms. The minimum Gasteiger partial charge on any atom is -0.407 e. The fourth-order valence-corrected chi connectivity index (χ4v) is 3.59. The Morgan fingerprint density at radius 2 is 1.92 bits per heavy atom. The van der Waals surface area contributed by atoms with Gasteiger partial charge in [0.1, 0.15) is 11.3 Å². The summed E-state index contributed by atoms with van der Waals surface area (Å²) in [5, 5.41) is 15.0. The number of benzene rings is 1. The Morgan fingerprint density at radius 3 is 2.54 bits per heavy atom. The highest BCUT2D eigenvalue weighted by Crippen LogP contribution is 2.42. The van der Waals surface area contributed by atoms with Gasteiger partial charge in [-0.05, 0) is 31.3 Å². The summed E-state index contributed by atoms with van der Waals surface area (Å²) in [5.41, 5.74) is 0.465. The van der Waals surface area contributed by atoms with Crippen LogP contribution in [0, 0.1) is 11.2 Å². The van der Waals surface area contributed by atoms with Crippen molar-refractivity contribution >= 4 is 23.5 Å². The maximum absolute atomic E-state index is 14.7. The maximum Gasteiger partial charge on any atom is 0.494 e. The van der Waals surface area contributed by atoms with Crippen LogP contribution in [-0.4, -0.2) is 40.8 Å². The monoisotopic (exact) mass is 332 g/mol. The van der Waals surface area contributed by atoms with Crippen molar-refractivity contribution in [2.24, 2.45) is 5.41 Å². The normalized spacial score (nSPS) is 29.7. The number of aliphatic hydroxyl groups is 1. The van der Waals surface area contributed by atoms with Crippen LogP contribution in [0.1, 0.15) is 39.7 Å². The third-order valence-corrected chi connectivity index (χ3v) is 4.89. The van der Waals surface area contributed by atoms with Crippen molar-refractivity contribution < 1.29 is 18.8 Å². The predicted octanol–water partition coefficient (Wildman–Crippen LogP) is 2.03. The van der Waals surface area contributed by atoms with Gasteiger partial charge in [-0.25, -0.2) is 4.39 Å². The molecule has 1 aliphatic heterocycles. The molecule has 0 atom stereocenters. The van der Waals surface area contributed by atoms with Crippen molar-refractivity contribution in [2.75, 3.05) is 13.2 Å². The van der Waals surface area contributed by atoms with Gasteiger partial charge in [0.15, 0.2) is 0 Å². The Labute approximate surface area is 140 Å². The molecule has 0 amide bonds. The minimum absolute atomic E-state index is 0.0226. The van der Waals surface area contributed by atoms with E-state index in [-0.39, 0.29) is 17.3 Å². The van der Waals surface area contributed by atoms with Crippen molar-refractivity contribution in [3.63, 3.8) is 0 Å². The first-order valence-electron chi connectivity index (χ1n) is 8.36. The van der Waals surface area contributed by atoms with E-state index in [1.165, 1.54) is 6.07 Å². The van der Waals surface area contributed by atoms with E-state index in [0.717, 1.165) is 5.39 Å². The SMILES string of the molecule is CC1(C)COB(c2cc(F)c3c(cnn3C3CC(C)(O)C3)c2)OC1. The molecule has 7 heteroatoms. The number of nitrogens with zero attached hydrogens (tertiary/aromatic N) is 2. The van der Waals surface area contributed by atoms with Crippen molar-refractivity contribution in [1.29, 1.82) is 0 Å². The van der Waals surface area contributed by atoms with Crippen LogP contribution in [0.5, 0.6) is 0 Å². The lowest BCUT2D eigenvalue weighted by molar-refractivity contribution is -0.0531. The summed E-state index contributed by atoms with van der Waals surface area (Å²) < 4.78 is 27.9. The van der Waals surface area contributed by atoms with Crippen LogP contribution in [0.3, 0.4) is 0 Å². The molecule has 1 aromatic heterocycles. The summed E-state index contributed by atoms with van der Waals surface area (Å²) in [7, 11) is -0.537. The van der Waals surface area contributed by atoms with Gasteiger partial charge in [-0.15, -0.1) is 0 Å². The highest BCUT2D eigenvalue weighted by atomic mass is 19.1. The molecular formula is C17H22BFN2O3. The molecule has 1 N–H and O–H groups in total. The zero-order chi connectivity index (χ0) is 17.1. The highest BCUT2D eigenvalue weighted by Gasteiger charge is 2.41. The van der Waals surface area contributed by atoms with Gasteiger partial charge in [0.2, 0.25) is 0 Å². The summed E-state index contributed by atoms with van der Waals surface area (Å²) in [6, 6.07) is 3.39. The topological polar surface area (TPSA) is 56.5 Å². The second-order valence-electron chi connectivity index (χ2n) is 8.21. The third-order valence-electron chi connectivity index (χ3n) is 4.89. The number of halogens is 1. The van der Waals surface area contributed by atoms with Gasteiger partial charge in [0.25, 0.3) is 0 Å². The molecule has 1 aliphatic carbocycles. The molecule has 128 valence electrons. The van der Waals surface area contributed by atoms with Crippen LogP contribution in [0.15, 0.2) is 18.3 Å². The van der Waals surface area contributed by atoms with Gasteiger partial charge < -0.3 is 14.4 Å². The number of aromatic nitrogens is 2. The molecule has 2 fully saturated rings. The first-order chi connectivity index (χ1) is 11.2. The fraction of sp³-hybridized carbons (Fsp3) is 0.588. The zero-order valence-electron chi connectivity index (χ0n) is 14.3. The van der Waals surface area contributed by atoms with E-state index in [1.54, 1.807) is 17.8 Å². The molecule has 5 nitrogen and oxygen atoms in total. The smallest absolute Gasteiger partial charge is 0.407 e. The van der Waals surface area contributed by atoms with E-state index in [4.69, 9.17) is 9.31 Å². The van der Waals surface area contributed by atoms with Crippen LogP contribution in [-0.2, 0) is 9.31 Å². The van der Waals surface area contributed by atoms with Crippen molar-refractivity contribution in [3.05, 3.63) is 24.1 Å². The standard InChI is InChI=1S/C17H22BFN2O3/c1-16(2)9-23-18(24-10-16)12-4-11-8-20-21(15(11)14(19)5-12)13-6-17(3,22)7-13/h4-5,8,13,22H,6-7,9-10H2,1-3H3. The predicted molar refractivity (Wildman–Crippen MR) is 89.7 cm³/mol. The second kappa shape index (κ2) is 5.28. The van der Waals surface area contributed by atoms with E-state index in [2.05, 4.69) is 18.9 Å². The summed E-state index contributed by atoms with van der Waals surface area (Å²) >= 11 is 0. The van der Waals surface area contributed by atoms with E-state index in [1.807, 2.05) is 6.07 Å². The highest BCUT2D eigenvalue weighted by molar-refractivity contribution is 6.61. The average Bonchev–Trinajstić information content (AvgIpc) is 2.88. The Bertz CT molecular complexity index is 771. The van der Waals surface area contributed by atoms with Crippen LogP contribution >= 0.6 is 0 Å². The number of hydrogen-bond acceptors (Lipinski definition) is 4. The lowest BCUT2D eigenvalue weighted by Gasteiger charge is -2.41. The number of hydrogen-bond donors (Lipinski definition) is 1. The Balaban J connectivity index is 1.62. The van der Waals surface area contributed by atoms with Gasteiger partial charge in [-0.3, -0.25) is 4.68 Å². The van der Waals surface area contributed by atoms with Crippen LogP contribution < -0.4 is 5.46 Å². The summed E-state index contributed by atoms with van der Waals surface area (Å²) in [6.07, 6.45) is 2.85. The maximum atomic E-state index is 14.7. The quantitative estimate of drug-likeness (QED) is 0.855. The largest absolute Gasteiger partial charge is 0.494 e. The number of fused-ring (bicyclic) bond motifs is 1. The molecule has 0 unspecified atom stereocenters. The molecule has 2 aliphatic rings. The van der Waals surface area contributed by atoms with E-state index in [0.29, 0.717) is 37.0 Å². The molecule has 0 radical (unpaired) electrons. The van der Waals surface area contributed by atoms with Crippen LogP contribution in [0.4, 0.5) is 4.39 Å². The van der Waals surface area contributed by atoms with Gasteiger partial charge in [0, 0.05) is 24.0 Å². The first-order valence-corrected chi connectivity index (χ1v) is 8.36. The van der Waals surface area contributed by atoms with Crippen LogP contribution in [0.25, 0.3) is 10.9 Å². The molecule has 1 saturated heterocycles. The summed E-state index contributed by atoms with van der Waals surface area (Å²) in [6.45, 7) is 7.10. The molecule has 1 aromatic carbocycles. The van der Waals surface area contributed by atoms with Crippen molar-refractivity contribution in [3.8, 4) is 0 Å². The van der Waals surface area contributed by atoms with Crippen LogP contribution in [0.2, 0.25) is 0 Å². The Kier molecular flexibility index (Phi) is 3.53. The van der Waals surface area contributed by atoms with Gasteiger partial charge in [0.05, 0.1) is 17.8 Å². The fourth-order valence-electron chi connectivity index (χ4n) is 3.59. The molecule has 0 bridgehead atoms. The first kappa shape index (κ1) is 16.1. The zero-order valence-corrected chi connectivity index (χ0v) is 14.3. The van der Waals surface area contributed by atoms with Gasteiger partial charge in [-0.2, -0.15) is 5.10 Å². The minimum atomic E-state index is -0.671. The summed E-state index contributed by atoms with van der Waals surface area (Å²) in [5.74, 6) is -0.330. The van der Waals surface area contributed by atoms with Crippen molar-refractivity contribution in [1.82, 2.24) is 9.78 Å². The Morgan fingerprint density at radius 1 is 1.25 bits per heavy atom. The third kappa shape index (κ3) is 2.74. The van der Waals surface area contributed by atoms with E-state index < -0.39 is 12.7 Å². The summed E-state index contributed by atoms with van der Waals surface area (Å²) in [4.78, 5) is 0. The number of rotatable bonds is 2. The molecule has 4 rings (SSSR count).